The molecule has 9 heteroatoms. The summed E-state index contributed by atoms with van der Waals surface area (Å²) in [6.07, 6.45) is 0. The number of esters is 1. The molecule has 0 aromatic carbocycles. The molecule has 0 radical (unpaired) electrons. The van der Waals surface area contributed by atoms with Gasteiger partial charge in [0, 0.05) is 12.5 Å². The molecule has 0 aliphatic heterocycles. The Bertz CT molecular complexity index is 403. The Morgan fingerprint density at radius 3 is 2.00 bits per heavy atom. The van der Waals surface area contributed by atoms with Crippen LogP contribution in [-0.2, 0) is 22.5 Å². The van der Waals surface area contributed by atoms with Gasteiger partial charge in [-0.2, -0.15) is 0 Å². The highest BCUT2D eigenvalue weighted by atomic mass is 28.4. The van der Waals surface area contributed by atoms with E-state index in [0.717, 1.165) is 12.1 Å². The first kappa shape index (κ1) is 23.0. The highest BCUT2D eigenvalue weighted by molar-refractivity contribution is 6.74. The van der Waals surface area contributed by atoms with Gasteiger partial charge in [-0.25, -0.2) is 4.79 Å². The second kappa shape index (κ2) is 9.44. The molecule has 0 rings (SSSR count). The zero-order valence-corrected chi connectivity index (χ0v) is 20.9. The predicted octanol–water partition coefficient (Wildman–Crippen LogP) is 2.50. The third-order valence-corrected chi connectivity index (χ3v) is 11.1. The number of ether oxygens (including phenoxy) is 1. The number of carbonyl (C=O) groups excluding carboxylic acids is 1. The van der Waals surface area contributed by atoms with Crippen LogP contribution in [0.15, 0.2) is 12.2 Å². The topological polar surface area (TPSA) is 54.0 Å². The molecule has 1 unspecified atom stereocenters. The van der Waals surface area contributed by atoms with Gasteiger partial charge in [-0.05, 0) is 58.3 Å². The summed E-state index contributed by atoms with van der Waals surface area (Å²) >= 11 is 0. The van der Waals surface area contributed by atoms with Crippen molar-refractivity contribution in [2.24, 2.45) is 0 Å². The average Bonchev–Trinajstić information content (AvgIpc) is 2.29. The quantitative estimate of drug-likeness (QED) is 0.177. The molecule has 0 saturated carbocycles. The van der Waals surface area contributed by atoms with Crippen LogP contribution in [0.4, 0.5) is 0 Å². The van der Waals surface area contributed by atoms with Crippen LogP contribution >= 0.6 is 0 Å². The van der Waals surface area contributed by atoms with Gasteiger partial charge >= 0.3 is 11.9 Å². The molecular formula is C14H34O5Si4. The molecule has 0 fully saturated rings. The summed E-state index contributed by atoms with van der Waals surface area (Å²) in [5.74, 6) is -1.76. The molecule has 0 aliphatic rings. The zero-order chi connectivity index (χ0) is 18.3. The van der Waals surface area contributed by atoms with Crippen LogP contribution in [-0.4, -0.2) is 48.1 Å². The maximum Gasteiger partial charge on any atom is 0.337 e. The second-order valence-electron chi connectivity index (χ2n) is 7.76. The lowest BCUT2D eigenvalue weighted by molar-refractivity contribution is -0.277. The average molecular weight is 395 g/mol. The van der Waals surface area contributed by atoms with Crippen molar-refractivity contribution in [3.8, 4) is 0 Å². The van der Waals surface area contributed by atoms with Crippen LogP contribution in [0.5, 0.6) is 0 Å². The Morgan fingerprint density at radius 2 is 1.57 bits per heavy atom. The van der Waals surface area contributed by atoms with Gasteiger partial charge in [0.15, 0.2) is 26.4 Å². The van der Waals surface area contributed by atoms with E-state index in [1.165, 1.54) is 0 Å². The van der Waals surface area contributed by atoms with Crippen LogP contribution in [0, 0.1) is 0 Å². The van der Waals surface area contributed by atoms with Crippen molar-refractivity contribution in [3.05, 3.63) is 12.2 Å². The van der Waals surface area contributed by atoms with Crippen molar-refractivity contribution in [2.75, 3.05) is 0 Å². The van der Waals surface area contributed by atoms with Crippen LogP contribution < -0.4 is 0 Å². The second-order valence-corrected chi connectivity index (χ2v) is 20.1. The van der Waals surface area contributed by atoms with Crippen molar-refractivity contribution in [3.63, 3.8) is 0 Å². The van der Waals surface area contributed by atoms with Gasteiger partial charge in [-0.15, -0.1) is 0 Å². The molecule has 0 aromatic heterocycles. The van der Waals surface area contributed by atoms with Gasteiger partial charge < -0.3 is 17.7 Å². The number of hydrogen-bond acceptors (Lipinski definition) is 5. The Kier molecular flexibility index (Phi) is 9.43. The smallest absolute Gasteiger partial charge is 0.337 e. The summed E-state index contributed by atoms with van der Waals surface area (Å²) in [7, 11) is -4.59. The minimum atomic E-state index is -1.91. The first-order valence-corrected chi connectivity index (χ1v) is 18.1. The Hall–Kier alpha value is -0.0425. The monoisotopic (exact) mass is 394 g/mol. The third-order valence-electron chi connectivity index (χ3n) is 2.56. The van der Waals surface area contributed by atoms with E-state index in [1.54, 1.807) is 13.8 Å². The molecule has 23 heavy (non-hydrogen) atoms. The van der Waals surface area contributed by atoms with Gasteiger partial charge in [-0.3, -0.25) is 0 Å². The van der Waals surface area contributed by atoms with E-state index in [1.807, 2.05) is 19.6 Å². The predicted molar refractivity (Wildman–Crippen MR) is 106 cm³/mol. The van der Waals surface area contributed by atoms with Gasteiger partial charge in [0.2, 0.25) is 0 Å². The van der Waals surface area contributed by atoms with Crippen LogP contribution in [0.1, 0.15) is 13.8 Å². The van der Waals surface area contributed by atoms with E-state index in [0.29, 0.717) is 5.57 Å². The van der Waals surface area contributed by atoms with Crippen molar-refractivity contribution < 1.29 is 22.5 Å². The largest absolute Gasteiger partial charge is 0.461 e. The van der Waals surface area contributed by atoms with E-state index in [4.69, 9.17) is 17.7 Å². The van der Waals surface area contributed by atoms with Crippen LogP contribution in [0.3, 0.4) is 0 Å². The molecule has 0 heterocycles. The first-order chi connectivity index (χ1) is 10.2. The Morgan fingerprint density at radius 1 is 1.04 bits per heavy atom. The lowest BCUT2D eigenvalue weighted by Gasteiger charge is -2.35. The van der Waals surface area contributed by atoms with E-state index in [2.05, 4.69) is 26.2 Å². The fraction of sp³-hybridized carbons (Fsp3) is 0.786. The minimum absolute atomic E-state index is 0.344. The summed E-state index contributed by atoms with van der Waals surface area (Å²) in [6, 6.07) is 2.12. The fourth-order valence-electron chi connectivity index (χ4n) is 1.73. The molecule has 0 bridgehead atoms. The van der Waals surface area contributed by atoms with Gasteiger partial charge in [-0.1, -0.05) is 6.58 Å². The summed E-state index contributed by atoms with van der Waals surface area (Å²) in [6.45, 7) is 19.7. The first-order valence-electron chi connectivity index (χ1n) is 8.11. The molecule has 0 saturated heterocycles. The molecule has 0 aromatic rings. The molecule has 1 atom stereocenters. The van der Waals surface area contributed by atoms with Gasteiger partial charge in [0.1, 0.15) is 9.76 Å². The Balaban J connectivity index is 4.43. The normalized spacial score (nSPS) is 16.2. The van der Waals surface area contributed by atoms with Crippen molar-refractivity contribution in [1.82, 2.24) is 0 Å². The van der Waals surface area contributed by atoms with Crippen molar-refractivity contribution in [2.45, 2.75) is 71.2 Å². The molecule has 0 N–H and O–H groups in total. The fourth-order valence-corrected chi connectivity index (χ4v) is 8.36. The van der Waals surface area contributed by atoms with Crippen LogP contribution in [0.2, 0.25) is 51.4 Å². The molecule has 5 nitrogen and oxygen atoms in total. The third kappa shape index (κ3) is 13.0. The SMILES string of the molecule is C=C(C)C(=O)OC(C)(O[SiH2]CC[SiH2]O[Si](C)(C)C)O[Si](C)(C)C. The van der Waals surface area contributed by atoms with E-state index < -0.39 is 48.1 Å². The highest BCUT2D eigenvalue weighted by Crippen LogP contribution is 2.22. The number of hydrogen-bond donors (Lipinski definition) is 0. The standard InChI is InChI=1S/C14H34O5Si4/c1-12(2)13(15)16-14(3,18-22(4,5)6)17-20-10-11-21-19-23(7,8)9/h1,10-11,20-21H2,2-9H3. The van der Waals surface area contributed by atoms with E-state index in [9.17, 15) is 4.79 Å². The van der Waals surface area contributed by atoms with Crippen LogP contribution in [0.25, 0.3) is 0 Å². The van der Waals surface area contributed by atoms with Crippen molar-refractivity contribution >= 4 is 42.1 Å². The molecule has 136 valence electrons. The number of rotatable bonds is 11. The summed E-state index contributed by atoms with van der Waals surface area (Å²) in [5, 5.41) is 0. The summed E-state index contributed by atoms with van der Waals surface area (Å²) < 4.78 is 23.2. The molecular weight excluding hydrogens is 360 g/mol. The lowest BCUT2D eigenvalue weighted by atomic mass is 10.4. The summed E-state index contributed by atoms with van der Waals surface area (Å²) in [5.41, 5.74) is 0.344. The molecule has 0 amide bonds. The van der Waals surface area contributed by atoms with E-state index in [-0.39, 0.29) is 0 Å². The van der Waals surface area contributed by atoms with E-state index >= 15 is 0 Å². The van der Waals surface area contributed by atoms with Gasteiger partial charge in [0.05, 0.1) is 0 Å². The number of carbonyl (C=O) groups is 1. The highest BCUT2D eigenvalue weighted by Gasteiger charge is 2.36. The molecule has 0 aliphatic carbocycles. The summed E-state index contributed by atoms with van der Waals surface area (Å²) in [4.78, 5) is 11.8. The van der Waals surface area contributed by atoms with Gasteiger partial charge in [0.25, 0.3) is 0 Å². The minimum Gasteiger partial charge on any atom is -0.461 e. The zero-order valence-electron chi connectivity index (χ0n) is 16.1. The maximum absolute atomic E-state index is 11.8. The maximum atomic E-state index is 11.8. The van der Waals surface area contributed by atoms with Crippen molar-refractivity contribution in [1.29, 1.82) is 0 Å². The molecule has 0 spiro atoms. The lowest BCUT2D eigenvalue weighted by Crippen LogP contribution is -2.46. The Labute approximate surface area is 148 Å².